The molecule has 216 valence electrons. The number of ether oxygens (including phenoxy) is 1. The largest absolute Gasteiger partial charge is 0.463 e. The standard InChI is InChI=1S/C32H46O7/c1-26-23-31(37)25-30(36)21-16-19-27(33)18-15-20-29(35)24-28(34)17-13-11-9-7-5-3-2-4-6-8-10-12-14-22-32(38)39-26/h2-13,15-16,19-20,26-31,33-37H,14,17-18,21-25H2,1H3/b4-2-,5-3-,8-6-,9-7-,12-10-,13-11-,19-16-,20-15-/t26-,27-,28-,29+,30-,31+/m0/s1. The summed E-state index contributed by atoms with van der Waals surface area (Å²) in [5, 5.41) is 50.6. The van der Waals surface area contributed by atoms with E-state index < -0.39 is 36.6 Å². The van der Waals surface area contributed by atoms with E-state index in [0.717, 1.165) is 0 Å². The number of allylic oxidation sites excluding steroid dienone is 11. The summed E-state index contributed by atoms with van der Waals surface area (Å²) in [7, 11) is 0. The molecule has 1 aliphatic heterocycles. The van der Waals surface area contributed by atoms with Crippen LogP contribution in [0, 0.1) is 0 Å². The Morgan fingerprint density at radius 1 is 0.590 bits per heavy atom. The summed E-state index contributed by atoms with van der Waals surface area (Å²) in [6.07, 6.45) is 26.8. The third-order valence-electron chi connectivity index (χ3n) is 5.69. The predicted octanol–water partition coefficient (Wildman–Crippen LogP) is 4.31. The van der Waals surface area contributed by atoms with Crippen LogP contribution < -0.4 is 0 Å². The van der Waals surface area contributed by atoms with E-state index in [2.05, 4.69) is 0 Å². The van der Waals surface area contributed by atoms with Crippen LogP contribution in [0.4, 0.5) is 0 Å². The van der Waals surface area contributed by atoms with Gasteiger partial charge in [-0.2, -0.15) is 0 Å². The highest BCUT2D eigenvalue weighted by molar-refractivity contribution is 5.69. The molecule has 0 bridgehead atoms. The lowest BCUT2D eigenvalue weighted by Crippen LogP contribution is -2.24. The van der Waals surface area contributed by atoms with Crippen LogP contribution in [-0.2, 0) is 9.53 Å². The predicted molar refractivity (Wildman–Crippen MR) is 156 cm³/mol. The van der Waals surface area contributed by atoms with Gasteiger partial charge >= 0.3 is 5.97 Å². The second kappa shape index (κ2) is 22.1. The van der Waals surface area contributed by atoms with E-state index >= 15 is 0 Å². The van der Waals surface area contributed by atoms with Gasteiger partial charge in [-0.3, -0.25) is 4.79 Å². The van der Waals surface area contributed by atoms with Gasteiger partial charge in [-0.25, -0.2) is 0 Å². The van der Waals surface area contributed by atoms with Crippen molar-refractivity contribution in [3.8, 4) is 0 Å². The molecule has 0 saturated carbocycles. The van der Waals surface area contributed by atoms with E-state index in [1.54, 1.807) is 31.2 Å². The summed E-state index contributed by atoms with van der Waals surface area (Å²) in [4.78, 5) is 12.0. The molecular formula is C32H46O7. The summed E-state index contributed by atoms with van der Waals surface area (Å²) in [6.45, 7) is 1.72. The first-order valence-electron chi connectivity index (χ1n) is 13.7. The molecular weight excluding hydrogens is 496 g/mol. The van der Waals surface area contributed by atoms with Gasteiger partial charge in [0, 0.05) is 19.3 Å². The van der Waals surface area contributed by atoms with E-state index in [4.69, 9.17) is 4.74 Å². The van der Waals surface area contributed by atoms with Crippen molar-refractivity contribution in [1.29, 1.82) is 0 Å². The van der Waals surface area contributed by atoms with Gasteiger partial charge in [0.1, 0.15) is 6.10 Å². The van der Waals surface area contributed by atoms with Gasteiger partial charge < -0.3 is 30.3 Å². The molecule has 0 saturated heterocycles. The average molecular weight is 543 g/mol. The molecule has 7 heteroatoms. The minimum Gasteiger partial charge on any atom is -0.463 e. The average Bonchev–Trinajstić information content (AvgIpc) is 2.85. The quantitative estimate of drug-likeness (QED) is 0.228. The Balaban J connectivity index is 2.70. The number of hydrogen-bond acceptors (Lipinski definition) is 7. The van der Waals surface area contributed by atoms with E-state index in [1.807, 2.05) is 72.9 Å². The van der Waals surface area contributed by atoms with Gasteiger partial charge in [0.05, 0.1) is 30.5 Å². The van der Waals surface area contributed by atoms with Crippen LogP contribution in [-0.4, -0.2) is 68.1 Å². The highest BCUT2D eigenvalue weighted by atomic mass is 16.5. The van der Waals surface area contributed by atoms with Crippen LogP contribution in [0.25, 0.3) is 0 Å². The first kappa shape index (κ1) is 34.2. The Labute approximate surface area is 233 Å². The third-order valence-corrected chi connectivity index (χ3v) is 5.69. The zero-order valence-electron chi connectivity index (χ0n) is 22.9. The van der Waals surface area contributed by atoms with Crippen LogP contribution in [0.5, 0.6) is 0 Å². The van der Waals surface area contributed by atoms with Crippen molar-refractivity contribution < 1.29 is 35.1 Å². The highest BCUT2D eigenvalue weighted by Gasteiger charge is 2.17. The van der Waals surface area contributed by atoms with Crippen LogP contribution in [0.3, 0.4) is 0 Å². The van der Waals surface area contributed by atoms with Gasteiger partial charge in [-0.1, -0.05) is 97.2 Å². The molecule has 1 rings (SSSR count). The molecule has 0 aromatic carbocycles. The Morgan fingerprint density at radius 3 is 1.77 bits per heavy atom. The topological polar surface area (TPSA) is 127 Å². The van der Waals surface area contributed by atoms with Gasteiger partial charge in [0.15, 0.2) is 0 Å². The summed E-state index contributed by atoms with van der Waals surface area (Å²) in [5.74, 6) is -0.336. The lowest BCUT2D eigenvalue weighted by Gasteiger charge is -2.19. The maximum atomic E-state index is 12.0. The Kier molecular flexibility index (Phi) is 19.3. The number of rotatable bonds is 0. The van der Waals surface area contributed by atoms with Gasteiger partial charge in [0.2, 0.25) is 0 Å². The minimum atomic E-state index is -0.825. The fourth-order valence-corrected chi connectivity index (χ4v) is 3.72. The molecule has 5 N–H and O–H groups in total. The molecule has 1 heterocycles. The molecule has 1 aliphatic rings. The van der Waals surface area contributed by atoms with E-state index in [0.29, 0.717) is 12.8 Å². The molecule has 39 heavy (non-hydrogen) atoms. The Morgan fingerprint density at radius 2 is 1.10 bits per heavy atom. The van der Waals surface area contributed by atoms with Gasteiger partial charge in [0.25, 0.3) is 0 Å². The van der Waals surface area contributed by atoms with E-state index in [1.165, 1.54) is 0 Å². The number of cyclic esters (lactones) is 1. The lowest BCUT2D eigenvalue weighted by molar-refractivity contribution is -0.149. The Bertz CT molecular complexity index is 894. The summed E-state index contributed by atoms with van der Waals surface area (Å²) in [6, 6.07) is 0. The molecule has 7 nitrogen and oxygen atoms in total. The molecule has 6 atom stereocenters. The van der Waals surface area contributed by atoms with Crippen molar-refractivity contribution >= 4 is 5.97 Å². The smallest absolute Gasteiger partial charge is 0.306 e. The van der Waals surface area contributed by atoms with Crippen LogP contribution in [0.15, 0.2) is 97.2 Å². The summed E-state index contributed by atoms with van der Waals surface area (Å²) in [5.41, 5.74) is 0. The highest BCUT2D eigenvalue weighted by Crippen LogP contribution is 2.12. The zero-order valence-corrected chi connectivity index (χ0v) is 22.9. The summed E-state index contributed by atoms with van der Waals surface area (Å²) < 4.78 is 5.35. The molecule has 0 amide bonds. The number of aliphatic hydroxyl groups is 5. The maximum absolute atomic E-state index is 12.0. The maximum Gasteiger partial charge on any atom is 0.306 e. The third kappa shape index (κ3) is 20.8. The first-order valence-corrected chi connectivity index (χ1v) is 13.7. The normalized spacial score (nSPS) is 36.5. The number of aliphatic hydroxyl groups excluding tert-OH is 5. The monoisotopic (exact) mass is 542 g/mol. The van der Waals surface area contributed by atoms with Gasteiger partial charge in [-0.15, -0.1) is 0 Å². The van der Waals surface area contributed by atoms with Crippen molar-refractivity contribution in [3.63, 3.8) is 0 Å². The fourth-order valence-electron chi connectivity index (χ4n) is 3.72. The first-order chi connectivity index (χ1) is 18.8. The SMILES string of the molecule is C[C@H]1C[C@@H](O)C[C@@H](O)C/C=C\[C@@H](O)C/C=C\[C@@H](O)C[C@@H](O)C\C=C/C=C\C=C/C=C\C=C/C=C\CCC(=O)O1. The fraction of sp³-hybridized carbons (Fsp3) is 0.469. The second-order valence-corrected chi connectivity index (χ2v) is 9.60. The number of carbonyl (C=O) groups excluding carboxylic acids is 1. The van der Waals surface area contributed by atoms with Crippen LogP contribution in [0.1, 0.15) is 58.3 Å². The Hall–Kier alpha value is -2.81. The van der Waals surface area contributed by atoms with Crippen molar-refractivity contribution in [2.75, 3.05) is 0 Å². The van der Waals surface area contributed by atoms with Gasteiger partial charge in [-0.05, 0) is 39.0 Å². The molecule has 0 aliphatic carbocycles. The molecule has 0 aromatic rings. The second-order valence-electron chi connectivity index (χ2n) is 9.60. The lowest BCUT2D eigenvalue weighted by atomic mass is 10.0. The molecule has 0 radical (unpaired) electrons. The van der Waals surface area contributed by atoms with Crippen LogP contribution >= 0.6 is 0 Å². The zero-order chi connectivity index (χ0) is 28.7. The van der Waals surface area contributed by atoms with Crippen LogP contribution in [0.2, 0.25) is 0 Å². The van der Waals surface area contributed by atoms with E-state index in [-0.39, 0.29) is 44.5 Å². The van der Waals surface area contributed by atoms with Crippen molar-refractivity contribution in [1.82, 2.24) is 0 Å². The van der Waals surface area contributed by atoms with Crippen molar-refractivity contribution in [3.05, 3.63) is 97.2 Å². The molecule has 0 fully saturated rings. The summed E-state index contributed by atoms with van der Waals surface area (Å²) >= 11 is 0. The van der Waals surface area contributed by atoms with E-state index in [9.17, 15) is 30.3 Å². The molecule has 0 spiro atoms. The number of carbonyl (C=O) groups is 1. The minimum absolute atomic E-state index is 0.127. The molecule has 0 unspecified atom stereocenters. The number of esters is 1. The number of hydrogen-bond donors (Lipinski definition) is 5. The molecule has 0 aromatic heterocycles. The van der Waals surface area contributed by atoms with Crippen molar-refractivity contribution in [2.45, 2.75) is 94.9 Å². The van der Waals surface area contributed by atoms with Crippen molar-refractivity contribution in [2.24, 2.45) is 0 Å².